The van der Waals surface area contributed by atoms with Gasteiger partial charge < -0.3 is 10.2 Å². The van der Waals surface area contributed by atoms with Crippen molar-refractivity contribution < 1.29 is 0 Å². The Morgan fingerprint density at radius 3 is 2.81 bits per heavy atom. The second-order valence-electron chi connectivity index (χ2n) is 6.94. The highest BCUT2D eigenvalue weighted by Gasteiger charge is 2.41. The van der Waals surface area contributed by atoms with Crippen LogP contribution in [-0.2, 0) is 6.54 Å². The maximum absolute atomic E-state index is 3.78. The normalized spacial score (nSPS) is 29.8. The number of likely N-dealkylation sites (tertiary alicyclic amines) is 1. The van der Waals surface area contributed by atoms with Gasteiger partial charge in [0.1, 0.15) is 0 Å². The molecule has 2 aliphatic rings. The fraction of sp³-hybridized carbons (Fsp3) is 0.667. The number of benzene rings is 1. The first-order valence-electron chi connectivity index (χ1n) is 8.42. The van der Waals surface area contributed by atoms with Crippen LogP contribution in [0.4, 0.5) is 0 Å². The molecular weight excluding hydrogens is 258 g/mol. The maximum atomic E-state index is 3.78. The number of piperidine rings is 1. The van der Waals surface area contributed by atoms with E-state index < -0.39 is 0 Å². The number of fused-ring (bicyclic) bond motifs is 1. The quantitative estimate of drug-likeness (QED) is 0.898. The van der Waals surface area contributed by atoms with Gasteiger partial charge in [-0.2, -0.15) is 0 Å². The molecule has 2 fully saturated rings. The molecule has 0 aromatic heterocycles. The first-order chi connectivity index (χ1) is 10.2. The predicted molar refractivity (Wildman–Crippen MR) is 88.1 cm³/mol. The van der Waals surface area contributed by atoms with Crippen LogP contribution in [-0.4, -0.2) is 49.2 Å². The van der Waals surface area contributed by atoms with Crippen molar-refractivity contribution in [3.8, 4) is 0 Å². The molecule has 3 nitrogen and oxygen atoms in total. The van der Waals surface area contributed by atoms with Crippen LogP contribution in [0.1, 0.15) is 31.2 Å². The number of nitrogens with zero attached hydrogens (tertiary/aromatic N) is 2. The first-order valence-corrected chi connectivity index (χ1v) is 8.42. The standard InChI is InChI=1S/C18H29N3/c1-20(2)12-10-17-13-16-9-6-11-19-18(16)21(17)14-15-7-4-3-5-8-15/h3-5,7-8,16-19H,6,9-14H2,1-2H3. The minimum atomic E-state index is 0.603. The number of hydrogen-bond acceptors (Lipinski definition) is 3. The molecule has 0 spiro atoms. The molecule has 3 heteroatoms. The highest BCUT2D eigenvalue weighted by molar-refractivity contribution is 5.15. The Morgan fingerprint density at radius 1 is 1.24 bits per heavy atom. The lowest BCUT2D eigenvalue weighted by Crippen LogP contribution is -2.49. The van der Waals surface area contributed by atoms with Crippen LogP contribution in [0.15, 0.2) is 30.3 Å². The summed E-state index contributed by atoms with van der Waals surface area (Å²) in [5.74, 6) is 0.856. The predicted octanol–water partition coefficient (Wildman–Crippen LogP) is 2.54. The van der Waals surface area contributed by atoms with Crippen LogP contribution in [0, 0.1) is 5.92 Å². The number of hydrogen-bond donors (Lipinski definition) is 1. The maximum Gasteiger partial charge on any atom is 0.0632 e. The molecule has 2 aliphatic heterocycles. The third kappa shape index (κ3) is 3.65. The van der Waals surface area contributed by atoms with Crippen molar-refractivity contribution in [3.05, 3.63) is 35.9 Å². The van der Waals surface area contributed by atoms with Crippen LogP contribution < -0.4 is 5.32 Å². The highest BCUT2D eigenvalue weighted by atomic mass is 15.3. The summed E-state index contributed by atoms with van der Waals surface area (Å²) < 4.78 is 0. The van der Waals surface area contributed by atoms with Gasteiger partial charge in [0.15, 0.2) is 0 Å². The van der Waals surface area contributed by atoms with Crippen LogP contribution in [0.3, 0.4) is 0 Å². The van der Waals surface area contributed by atoms with Crippen molar-refractivity contribution in [3.63, 3.8) is 0 Å². The summed E-state index contributed by atoms with van der Waals surface area (Å²) in [5.41, 5.74) is 1.44. The van der Waals surface area contributed by atoms with E-state index in [1.165, 1.54) is 44.3 Å². The molecule has 2 saturated heterocycles. The summed E-state index contributed by atoms with van der Waals surface area (Å²) in [6.45, 7) is 3.47. The van der Waals surface area contributed by atoms with Crippen molar-refractivity contribution in [1.29, 1.82) is 0 Å². The Labute approximate surface area is 129 Å². The van der Waals surface area contributed by atoms with Gasteiger partial charge in [0.25, 0.3) is 0 Å². The van der Waals surface area contributed by atoms with E-state index >= 15 is 0 Å². The Hall–Kier alpha value is -0.900. The summed E-state index contributed by atoms with van der Waals surface area (Å²) in [4.78, 5) is 5.05. The van der Waals surface area contributed by atoms with Gasteiger partial charge in [0.2, 0.25) is 0 Å². The fourth-order valence-corrected chi connectivity index (χ4v) is 4.00. The molecule has 0 bridgehead atoms. The van der Waals surface area contributed by atoms with Crippen molar-refractivity contribution in [2.45, 2.75) is 44.4 Å². The van der Waals surface area contributed by atoms with Gasteiger partial charge in [0.05, 0.1) is 6.17 Å². The van der Waals surface area contributed by atoms with Crippen LogP contribution in [0.2, 0.25) is 0 Å². The molecule has 1 aromatic rings. The zero-order valence-electron chi connectivity index (χ0n) is 13.5. The molecule has 3 atom stereocenters. The second kappa shape index (κ2) is 6.91. The lowest BCUT2D eigenvalue weighted by atomic mass is 9.94. The Kier molecular flexibility index (Phi) is 4.94. The van der Waals surface area contributed by atoms with Crippen molar-refractivity contribution in [2.75, 3.05) is 27.2 Å². The summed E-state index contributed by atoms with van der Waals surface area (Å²) in [7, 11) is 4.36. The summed E-state index contributed by atoms with van der Waals surface area (Å²) in [5, 5.41) is 3.78. The minimum Gasteiger partial charge on any atom is -0.309 e. The third-order valence-corrected chi connectivity index (χ3v) is 5.07. The molecule has 0 saturated carbocycles. The Bertz CT molecular complexity index is 431. The van der Waals surface area contributed by atoms with E-state index in [9.17, 15) is 0 Å². The monoisotopic (exact) mass is 287 g/mol. The zero-order chi connectivity index (χ0) is 14.7. The number of nitrogens with one attached hydrogen (secondary N) is 1. The Balaban J connectivity index is 1.71. The fourth-order valence-electron chi connectivity index (χ4n) is 4.00. The van der Waals surface area contributed by atoms with Crippen LogP contribution in [0.25, 0.3) is 0 Å². The molecule has 0 aliphatic carbocycles. The van der Waals surface area contributed by atoms with Gasteiger partial charge in [-0.25, -0.2) is 0 Å². The van der Waals surface area contributed by atoms with Gasteiger partial charge in [0, 0.05) is 12.6 Å². The van der Waals surface area contributed by atoms with Crippen LogP contribution in [0.5, 0.6) is 0 Å². The smallest absolute Gasteiger partial charge is 0.0632 e. The molecule has 0 radical (unpaired) electrons. The van der Waals surface area contributed by atoms with E-state index in [0.29, 0.717) is 6.17 Å². The van der Waals surface area contributed by atoms with E-state index in [-0.39, 0.29) is 0 Å². The minimum absolute atomic E-state index is 0.603. The Morgan fingerprint density at radius 2 is 2.05 bits per heavy atom. The lowest BCUT2D eigenvalue weighted by molar-refractivity contribution is 0.117. The highest BCUT2D eigenvalue weighted by Crippen LogP contribution is 2.36. The first kappa shape index (κ1) is 15.0. The zero-order valence-corrected chi connectivity index (χ0v) is 13.5. The summed E-state index contributed by atoms with van der Waals surface area (Å²) >= 11 is 0. The van der Waals surface area contributed by atoms with Crippen molar-refractivity contribution in [1.82, 2.24) is 15.1 Å². The van der Waals surface area contributed by atoms with E-state index in [0.717, 1.165) is 18.5 Å². The molecule has 3 rings (SSSR count). The van der Waals surface area contributed by atoms with Crippen molar-refractivity contribution >= 4 is 0 Å². The van der Waals surface area contributed by atoms with Crippen molar-refractivity contribution in [2.24, 2.45) is 5.92 Å². The van der Waals surface area contributed by atoms with Gasteiger partial charge in [-0.1, -0.05) is 30.3 Å². The number of rotatable bonds is 5. The van der Waals surface area contributed by atoms with Gasteiger partial charge in [-0.3, -0.25) is 4.90 Å². The molecular formula is C18H29N3. The molecule has 116 valence electrons. The summed E-state index contributed by atoms with van der Waals surface area (Å²) in [6, 6.07) is 11.7. The summed E-state index contributed by atoms with van der Waals surface area (Å²) in [6.07, 6.45) is 6.01. The van der Waals surface area contributed by atoms with Gasteiger partial charge in [-0.15, -0.1) is 0 Å². The average molecular weight is 287 g/mol. The van der Waals surface area contributed by atoms with Crippen LogP contribution >= 0.6 is 0 Å². The van der Waals surface area contributed by atoms with Gasteiger partial charge in [-0.05, 0) is 64.3 Å². The largest absolute Gasteiger partial charge is 0.309 e. The molecule has 2 heterocycles. The molecule has 1 aromatic carbocycles. The molecule has 1 N–H and O–H groups in total. The average Bonchev–Trinajstić information content (AvgIpc) is 2.84. The third-order valence-electron chi connectivity index (χ3n) is 5.07. The topological polar surface area (TPSA) is 18.5 Å². The van der Waals surface area contributed by atoms with E-state index in [1.807, 2.05) is 0 Å². The SMILES string of the molecule is CN(C)CCC1CC2CCCNC2N1Cc1ccccc1. The van der Waals surface area contributed by atoms with E-state index in [4.69, 9.17) is 0 Å². The molecule has 0 amide bonds. The second-order valence-corrected chi connectivity index (χ2v) is 6.94. The van der Waals surface area contributed by atoms with Gasteiger partial charge >= 0.3 is 0 Å². The molecule has 21 heavy (non-hydrogen) atoms. The van der Waals surface area contributed by atoms with E-state index in [2.05, 4.69) is 59.5 Å². The molecule has 3 unspecified atom stereocenters. The van der Waals surface area contributed by atoms with E-state index in [1.54, 1.807) is 0 Å². The lowest BCUT2D eigenvalue weighted by Gasteiger charge is -2.35.